The zero-order valence-corrected chi connectivity index (χ0v) is 12.5. The number of thiophene rings is 1. The van der Waals surface area contributed by atoms with Gasteiger partial charge in [-0.1, -0.05) is 6.07 Å². The number of carbonyl (C=O) groups excluding carboxylic acids is 1. The van der Waals surface area contributed by atoms with Crippen LogP contribution in [0.25, 0.3) is 0 Å². The van der Waals surface area contributed by atoms with E-state index in [2.05, 4.69) is 22.0 Å². The fourth-order valence-electron chi connectivity index (χ4n) is 1.98. The smallest absolute Gasteiger partial charge is 0.231 e. The number of nitriles is 1. The van der Waals surface area contributed by atoms with Crippen molar-refractivity contribution in [2.24, 2.45) is 0 Å². The van der Waals surface area contributed by atoms with Gasteiger partial charge >= 0.3 is 0 Å². The van der Waals surface area contributed by atoms with E-state index in [9.17, 15) is 10.1 Å². The first-order valence-electron chi connectivity index (χ1n) is 5.76. The van der Waals surface area contributed by atoms with Crippen LogP contribution >= 0.6 is 27.3 Å². The van der Waals surface area contributed by atoms with Gasteiger partial charge in [0.05, 0.1) is 9.86 Å². The van der Waals surface area contributed by atoms with Gasteiger partial charge in [-0.05, 0) is 39.7 Å². The Hall–Kier alpha value is -1.84. The number of ether oxygens (including phenoxy) is 2. The fraction of sp³-hybridized carbons (Fsp3) is 0.143. The highest BCUT2D eigenvalue weighted by molar-refractivity contribution is 9.11. The minimum Gasteiger partial charge on any atom is -0.454 e. The Morgan fingerprint density at radius 2 is 2.15 bits per heavy atom. The van der Waals surface area contributed by atoms with Crippen LogP contribution < -0.4 is 9.47 Å². The molecule has 0 fully saturated rings. The summed E-state index contributed by atoms with van der Waals surface area (Å²) in [5, 5.41) is 11.1. The number of hydrogen-bond acceptors (Lipinski definition) is 5. The first-order chi connectivity index (χ1) is 9.69. The maximum absolute atomic E-state index is 12.4. The Labute approximate surface area is 127 Å². The van der Waals surface area contributed by atoms with Gasteiger partial charge in [-0.25, -0.2) is 0 Å². The van der Waals surface area contributed by atoms with Crippen molar-refractivity contribution in [1.82, 2.24) is 0 Å². The third kappa shape index (κ3) is 2.30. The van der Waals surface area contributed by atoms with Crippen molar-refractivity contribution in [3.8, 4) is 17.6 Å². The maximum atomic E-state index is 12.4. The first-order valence-corrected chi connectivity index (χ1v) is 7.43. The molecule has 0 amide bonds. The van der Waals surface area contributed by atoms with Gasteiger partial charge in [-0.3, -0.25) is 4.79 Å². The van der Waals surface area contributed by atoms with E-state index in [0.29, 0.717) is 22.6 Å². The predicted molar refractivity (Wildman–Crippen MR) is 77.3 cm³/mol. The van der Waals surface area contributed by atoms with Crippen molar-refractivity contribution in [3.05, 3.63) is 44.6 Å². The van der Waals surface area contributed by atoms with Crippen LogP contribution in [0.3, 0.4) is 0 Å². The van der Waals surface area contributed by atoms with Crippen LogP contribution in [-0.4, -0.2) is 12.6 Å². The summed E-state index contributed by atoms with van der Waals surface area (Å²) in [4.78, 5) is 12.4. The Balaban J connectivity index is 1.94. The first kappa shape index (κ1) is 13.2. The molecule has 2 aromatic rings. The standard InChI is InChI=1S/C14H8BrNO3S/c15-13-4-9(6-20-13)14(17)10(5-16)8-1-2-11-12(3-8)19-7-18-11/h1-4,6,10H,7H2. The Bertz CT molecular complexity index is 719. The predicted octanol–water partition coefficient (Wildman–Crippen LogP) is 3.73. The molecule has 0 N–H and O–H groups in total. The van der Waals surface area contributed by atoms with Crippen LogP contribution in [0.2, 0.25) is 0 Å². The molecule has 0 saturated carbocycles. The highest BCUT2D eigenvalue weighted by atomic mass is 79.9. The van der Waals surface area contributed by atoms with Crippen molar-refractivity contribution in [3.63, 3.8) is 0 Å². The summed E-state index contributed by atoms with van der Waals surface area (Å²) in [7, 11) is 0. The monoisotopic (exact) mass is 349 g/mol. The lowest BCUT2D eigenvalue weighted by Gasteiger charge is -2.08. The summed E-state index contributed by atoms with van der Waals surface area (Å²) in [5.74, 6) is 0.150. The summed E-state index contributed by atoms with van der Waals surface area (Å²) in [6.07, 6.45) is 0. The fourth-order valence-corrected chi connectivity index (χ4v) is 3.13. The number of fused-ring (bicyclic) bond motifs is 1. The molecule has 0 aliphatic carbocycles. The van der Waals surface area contributed by atoms with E-state index in [1.807, 2.05) is 0 Å². The SMILES string of the molecule is N#CC(C(=O)c1csc(Br)c1)c1ccc2c(c1)OCO2. The van der Waals surface area contributed by atoms with Crippen LogP contribution in [-0.2, 0) is 0 Å². The summed E-state index contributed by atoms with van der Waals surface area (Å²) in [6.45, 7) is 0.168. The van der Waals surface area contributed by atoms with E-state index >= 15 is 0 Å². The number of carbonyl (C=O) groups is 1. The van der Waals surface area contributed by atoms with E-state index in [1.165, 1.54) is 11.3 Å². The van der Waals surface area contributed by atoms with Gasteiger partial charge in [-0.15, -0.1) is 11.3 Å². The minimum atomic E-state index is -0.842. The van der Waals surface area contributed by atoms with Gasteiger partial charge in [0.25, 0.3) is 0 Å². The number of nitrogens with zero attached hydrogens (tertiary/aromatic N) is 1. The number of halogens is 1. The van der Waals surface area contributed by atoms with E-state index in [1.54, 1.807) is 29.6 Å². The Morgan fingerprint density at radius 3 is 2.85 bits per heavy atom. The van der Waals surface area contributed by atoms with Crippen LogP contribution in [0.15, 0.2) is 33.4 Å². The molecule has 1 aliphatic rings. The Kier molecular flexibility index (Phi) is 3.47. The highest BCUT2D eigenvalue weighted by Gasteiger charge is 2.25. The summed E-state index contributed by atoms with van der Waals surface area (Å²) in [6, 6.07) is 8.92. The average molecular weight is 350 g/mol. The van der Waals surface area contributed by atoms with E-state index in [4.69, 9.17) is 9.47 Å². The quantitative estimate of drug-likeness (QED) is 0.792. The second-order valence-electron chi connectivity index (χ2n) is 4.18. The topological polar surface area (TPSA) is 59.3 Å². The van der Waals surface area contributed by atoms with Gasteiger partial charge in [0, 0.05) is 10.9 Å². The van der Waals surface area contributed by atoms with Gasteiger partial charge < -0.3 is 9.47 Å². The molecule has 2 heterocycles. The van der Waals surface area contributed by atoms with Crippen molar-refractivity contribution >= 4 is 33.0 Å². The van der Waals surface area contributed by atoms with Crippen LogP contribution in [0.5, 0.6) is 11.5 Å². The van der Waals surface area contributed by atoms with Gasteiger partial charge in [0.15, 0.2) is 17.3 Å². The summed E-state index contributed by atoms with van der Waals surface area (Å²) < 4.78 is 11.4. The average Bonchev–Trinajstić information content (AvgIpc) is 3.07. The highest BCUT2D eigenvalue weighted by Crippen LogP contribution is 2.35. The molecule has 1 aromatic carbocycles. The van der Waals surface area contributed by atoms with Crippen molar-refractivity contribution < 1.29 is 14.3 Å². The Morgan fingerprint density at radius 1 is 1.35 bits per heavy atom. The molecule has 3 rings (SSSR count). The van der Waals surface area contributed by atoms with E-state index < -0.39 is 5.92 Å². The summed E-state index contributed by atoms with van der Waals surface area (Å²) >= 11 is 4.73. The molecule has 4 nitrogen and oxygen atoms in total. The normalized spacial score (nSPS) is 13.8. The van der Waals surface area contributed by atoms with E-state index in [-0.39, 0.29) is 12.6 Å². The molecule has 100 valence electrons. The van der Waals surface area contributed by atoms with Crippen LogP contribution in [0.1, 0.15) is 21.8 Å². The van der Waals surface area contributed by atoms with Gasteiger partial charge in [-0.2, -0.15) is 5.26 Å². The number of Topliss-reactive ketones (excluding diaryl/α,β-unsaturated/α-hetero) is 1. The lowest BCUT2D eigenvalue weighted by molar-refractivity contribution is 0.0979. The molecule has 1 aromatic heterocycles. The molecule has 0 radical (unpaired) electrons. The van der Waals surface area contributed by atoms with Gasteiger partial charge in [0.2, 0.25) is 6.79 Å². The van der Waals surface area contributed by atoms with Crippen LogP contribution in [0, 0.1) is 11.3 Å². The van der Waals surface area contributed by atoms with Crippen molar-refractivity contribution in [2.45, 2.75) is 5.92 Å². The zero-order valence-electron chi connectivity index (χ0n) is 10.1. The lowest BCUT2D eigenvalue weighted by Crippen LogP contribution is -2.10. The molecular weight excluding hydrogens is 342 g/mol. The second kappa shape index (κ2) is 5.27. The molecule has 6 heteroatoms. The molecule has 1 aliphatic heterocycles. The third-order valence-corrected chi connectivity index (χ3v) is 4.48. The maximum Gasteiger partial charge on any atom is 0.231 e. The second-order valence-corrected chi connectivity index (χ2v) is 6.47. The molecule has 0 bridgehead atoms. The third-order valence-electron chi connectivity index (χ3n) is 2.97. The zero-order chi connectivity index (χ0) is 14.1. The number of benzene rings is 1. The molecular formula is C14H8BrNO3S. The number of rotatable bonds is 3. The van der Waals surface area contributed by atoms with Crippen molar-refractivity contribution in [1.29, 1.82) is 5.26 Å². The molecule has 1 unspecified atom stereocenters. The lowest BCUT2D eigenvalue weighted by atomic mass is 9.93. The van der Waals surface area contributed by atoms with Crippen molar-refractivity contribution in [2.75, 3.05) is 6.79 Å². The molecule has 20 heavy (non-hydrogen) atoms. The van der Waals surface area contributed by atoms with Crippen LogP contribution in [0.4, 0.5) is 0 Å². The largest absolute Gasteiger partial charge is 0.454 e. The summed E-state index contributed by atoms with van der Waals surface area (Å²) in [5.41, 5.74) is 1.15. The number of hydrogen-bond donors (Lipinski definition) is 0. The van der Waals surface area contributed by atoms with Gasteiger partial charge in [0.1, 0.15) is 5.92 Å². The van der Waals surface area contributed by atoms with E-state index in [0.717, 1.165) is 3.79 Å². The minimum absolute atomic E-state index is 0.168. The molecule has 0 spiro atoms. The number of ketones is 1. The molecule has 0 saturated heterocycles. The molecule has 1 atom stereocenters.